The molecule has 0 saturated carbocycles. The second-order valence-electron chi connectivity index (χ2n) is 6.73. The minimum atomic E-state index is -3.46. The number of aliphatic carboxylic acids is 2. The smallest absolute Gasteiger partial charge is 0.414 e. The summed E-state index contributed by atoms with van der Waals surface area (Å²) in [6.07, 6.45) is 1.56. The molecule has 1 unspecified atom stereocenters. The molecule has 0 saturated heterocycles. The van der Waals surface area contributed by atoms with Crippen LogP contribution in [0.5, 0.6) is 0 Å². The Hall–Kier alpha value is -3.22. The SMILES string of the molecule is CCN(CC)S(=O)(=O)c1ccc(C(C)NCC(=O)NCc2ccco2)cc1.O=C(O)C(=O)O. The van der Waals surface area contributed by atoms with E-state index in [1.807, 2.05) is 20.8 Å². The summed E-state index contributed by atoms with van der Waals surface area (Å²) in [7, 11) is -3.46. The lowest BCUT2D eigenvalue weighted by Crippen LogP contribution is -2.34. The maximum absolute atomic E-state index is 12.5. The molecule has 1 amide bonds. The predicted octanol–water partition coefficient (Wildman–Crippen LogP) is 1.43. The van der Waals surface area contributed by atoms with E-state index >= 15 is 0 Å². The Balaban J connectivity index is 0.000000801. The van der Waals surface area contributed by atoms with Crippen molar-refractivity contribution in [2.24, 2.45) is 0 Å². The molecule has 4 N–H and O–H groups in total. The third-order valence-electron chi connectivity index (χ3n) is 4.51. The first-order valence-corrected chi connectivity index (χ1v) is 11.6. The predicted molar refractivity (Wildman–Crippen MR) is 119 cm³/mol. The Kier molecular flexibility index (Phi) is 11.3. The quantitative estimate of drug-likeness (QED) is 0.366. The van der Waals surface area contributed by atoms with E-state index in [1.54, 1.807) is 42.7 Å². The number of furan rings is 1. The van der Waals surface area contributed by atoms with Crippen molar-refractivity contribution in [3.63, 3.8) is 0 Å². The lowest BCUT2D eigenvalue weighted by atomic mass is 10.1. The second-order valence-corrected chi connectivity index (χ2v) is 8.67. The maximum Gasteiger partial charge on any atom is 0.414 e. The van der Waals surface area contributed by atoms with Gasteiger partial charge in [-0.1, -0.05) is 26.0 Å². The van der Waals surface area contributed by atoms with Crippen LogP contribution in [-0.2, 0) is 31.0 Å². The molecule has 12 heteroatoms. The number of rotatable bonds is 10. The van der Waals surface area contributed by atoms with Crippen molar-refractivity contribution in [1.29, 1.82) is 0 Å². The zero-order valence-corrected chi connectivity index (χ0v) is 19.5. The van der Waals surface area contributed by atoms with Gasteiger partial charge < -0.3 is 25.3 Å². The van der Waals surface area contributed by atoms with Crippen LogP contribution in [0.2, 0.25) is 0 Å². The highest BCUT2D eigenvalue weighted by Gasteiger charge is 2.21. The molecular formula is C21H29N3O8S. The fourth-order valence-corrected chi connectivity index (χ4v) is 4.12. The second kappa shape index (κ2) is 13.4. The van der Waals surface area contributed by atoms with Gasteiger partial charge in [0.1, 0.15) is 5.76 Å². The molecule has 1 atom stereocenters. The molecule has 0 spiro atoms. The molecule has 33 heavy (non-hydrogen) atoms. The minimum absolute atomic E-state index is 0.0930. The number of carboxylic acid groups (broad SMARTS) is 2. The summed E-state index contributed by atoms with van der Waals surface area (Å²) in [5.74, 6) is -3.09. The van der Waals surface area contributed by atoms with E-state index in [-0.39, 0.29) is 23.4 Å². The molecule has 1 aromatic carbocycles. The van der Waals surface area contributed by atoms with Gasteiger partial charge in [-0.2, -0.15) is 4.31 Å². The summed E-state index contributed by atoms with van der Waals surface area (Å²) in [5, 5.41) is 20.7. The number of hydrogen-bond donors (Lipinski definition) is 4. The first-order chi connectivity index (χ1) is 15.5. The van der Waals surface area contributed by atoms with Crippen LogP contribution in [-0.4, -0.2) is 60.4 Å². The van der Waals surface area contributed by atoms with Crippen molar-refractivity contribution < 1.29 is 37.4 Å². The van der Waals surface area contributed by atoms with Crippen LogP contribution in [0.3, 0.4) is 0 Å². The van der Waals surface area contributed by atoms with Crippen LogP contribution in [0, 0.1) is 0 Å². The Morgan fingerprint density at radius 3 is 2.06 bits per heavy atom. The summed E-state index contributed by atoms with van der Waals surface area (Å²) >= 11 is 0. The van der Waals surface area contributed by atoms with Crippen molar-refractivity contribution >= 4 is 27.9 Å². The van der Waals surface area contributed by atoms with Crippen LogP contribution in [0.4, 0.5) is 0 Å². The normalized spacial score (nSPS) is 11.9. The molecule has 2 aromatic rings. The molecular weight excluding hydrogens is 454 g/mol. The van der Waals surface area contributed by atoms with Crippen LogP contribution in [0.1, 0.15) is 38.1 Å². The standard InChI is InChI=1S/C19H27N3O4S.C2H2O4/c1-4-22(5-2)27(24,25)18-10-8-16(9-11-18)15(3)20-14-19(23)21-13-17-7-6-12-26-17;3-1(4)2(5)6/h6-12,15,20H,4-5,13-14H2,1-3H3,(H,21,23);(H,3,4)(H,5,6). The Labute approximate surface area is 192 Å². The Bertz CT molecular complexity index is 989. The summed E-state index contributed by atoms with van der Waals surface area (Å²) in [5.41, 5.74) is 0.910. The number of hydrogen-bond acceptors (Lipinski definition) is 7. The van der Waals surface area contributed by atoms with Gasteiger partial charge in [0.2, 0.25) is 15.9 Å². The highest BCUT2D eigenvalue weighted by Crippen LogP contribution is 2.19. The van der Waals surface area contributed by atoms with E-state index in [2.05, 4.69) is 10.6 Å². The van der Waals surface area contributed by atoms with Gasteiger partial charge in [0.05, 0.1) is 24.2 Å². The number of nitrogens with zero attached hydrogens (tertiary/aromatic N) is 1. The molecule has 182 valence electrons. The molecule has 1 heterocycles. The maximum atomic E-state index is 12.5. The third-order valence-corrected chi connectivity index (χ3v) is 6.58. The number of amides is 1. The topological polar surface area (TPSA) is 166 Å². The van der Waals surface area contributed by atoms with Crippen LogP contribution < -0.4 is 10.6 Å². The van der Waals surface area contributed by atoms with E-state index in [1.165, 1.54) is 4.31 Å². The number of carbonyl (C=O) groups is 3. The fraction of sp³-hybridized carbons (Fsp3) is 0.381. The zero-order chi connectivity index (χ0) is 25.0. The molecule has 0 radical (unpaired) electrons. The number of benzene rings is 1. The van der Waals surface area contributed by atoms with Crippen LogP contribution in [0.25, 0.3) is 0 Å². The number of carboxylic acids is 2. The van der Waals surface area contributed by atoms with Gasteiger partial charge in [0.25, 0.3) is 0 Å². The first kappa shape index (κ1) is 27.8. The van der Waals surface area contributed by atoms with E-state index < -0.39 is 22.0 Å². The summed E-state index contributed by atoms with van der Waals surface area (Å²) in [6, 6.07) is 10.2. The fourth-order valence-electron chi connectivity index (χ4n) is 2.67. The molecule has 0 aliphatic heterocycles. The summed E-state index contributed by atoms with van der Waals surface area (Å²) in [6.45, 7) is 6.93. The van der Waals surface area contributed by atoms with Gasteiger partial charge in [0, 0.05) is 19.1 Å². The van der Waals surface area contributed by atoms with Crippen molar-refractivity contribution in [3.8, 4) is 0 Å². The number of sulfonamides is 1. The lowest BCUT2D eigenvalue weighted by Gasteiger charge is -2.19. The van der Waals surface area contributed by atoms with Gasteiger partial charge in [-0.15, -0.1) is 0 Å². The monoisotopic (exact) mass is 483 g/mol. The van der Waals surface area contributed by atoms with Crippen LogP contribution >= 0.6 is 0 Å². The van der Waals surface area contributed by atoms with Crippen molar-refractivity contribution in [2.75, 3.05) is 19.6 Å². The van der Waals surface area contributed by atoms with Gasteiger partial charge in [-0.25, -0.2) is 18.0 Å². The summed E-state index contributed by atoms with van der Waals surface area (Å²) in [4.78, 5) is 30.4. The Morgan fingerprint density at radius 2 is 1.61 bits per heavy atom. The molecule has 2 rings (SSSR count). The molecule has 11 nitrogen and oxygen atoms in total. The summed E-state index contributed by atoms with van der Waals surface area (Å²) < 4.78 is 31.6. The van der Waals surface area contributed by atoms with Crippen molar-refractivity contribution in [1.82, 2.24) is 14.9 Å². The van der Waals surface area contributed by atoms with E-state index in [9.17, 15) is 13.2 Å². The first-order valence-electron chi connectivity index (χ1n) is 10.1. The number of carbonyl (C=O) groups excluding carboxylic acids is 1. The molecule has 0 aliphatic rings. The molecule has 0 bridgehead atoms. The van der Waals surface area contributed by atoms with Gasteiger partial charge in [-0.05, 0) is 36.8 Å². The largest absolute Gasteiger partial charge is 0.473 e. The molecule has 1 aromatic heterocycles. The third kappa shape index (κ3) is 9.04. The van der Waals surface area contributed by atoms with Crippen molar-refractivity contribution in [3.05, 3.63) is 54.0 Å². The van der Waals surface area contributed by atoms with Gasteiger partial charge in [-0.3, -0.25) is 4.79 Å². The van der Waals surface area contributed by atoms with Crippen molar-refractivity contribution in [2.45, 2.75) is 38.3 Å². The number of nitrogens with one attached hydrogen (secondary N) is 2. The lowest BCUT2D eigenvalue weighted by molar-refractivity contribution is -0.159. The highest BCUT2D eigenvalue weighted by atomic mass is 32.2. The zero-order valence-electron chi connectivity index (χ0n) is 18.6. The molecule has 0 fully saturated rings. The molecule has 0 aliphatic carbocycles. The van der Waals surface area contributed by atoms with Crippen LogP contribution in [0.15, 0.2) is 52.0 Å². The van der Waals surface area contributed by atoms with Gasteiger partial charge >= 0.3 is 11.9 Å². The van der Waals surface area contributed by atoms with E-state index in [0.717, 1.165) is 5.56 Å². The average Bonchev–Trinajstić information content (AvgIpc) is 3.31. The highest BCUT2D eigenvalue weighted by molar-refractivity contribution is 7.89. The van der Waals surface area contributed by atoms with E-state index in [4.69, 9.17) is 24.2 Å². The van der Waals surface area contributed by atoms with Gasteiger partial charge in [0.15, 0.2) is 0 Å². The average molecular weight is 484 g/mol. The van der Waals surface area contributed by atoms with E-state index in [0.29, 0.717) is 25.4 Å². The Morgan fingerprint density at radius 1 is 1.03 bits per heavy atom. The minimum Gasteiger partial charge on any atom is -0.473 e.